The molecule has 2 rings (SSSR count). The topological polar surface area (TPSA) is 20.2 Å². The molecule has 1 atom stereocenters. The van der Waals surface area contributed by atoms with Gasteiger partial charge in [0, 0.05) is 5.56 Å². The Bertz CT molecular complexity index is 370. The van der Waals surface area contributed by atoms with E-state index in [-0.39, 0.29) is 0 Å². The molecule has 1 aliphatic rings. The molecule has 0 radical (unpaired) electrons. The second-order valence-electron chi connectivity index (χ2n) is 4.84. The van der Waals surface area contributed by atoms with Crippen molar-refractivity contribution < 1.29 is 5.11 Å². The maximum Gasteiger partial charge on any atom is 0.0833 e. The van der Waals surface area contributed by atoms with Gasteiger partial charge in [-0.2, -0.15) is 0 Å². The van der Waals surface area contributed by atoms with E-state index in [4.69, 9.17) is 23.2 Å². The highest BCUT2D eigenvalue weighted by Crippen LogP contribution is 2.38. The molecule has 0 aromatic heterocycles. The van der Waals surface area contributed by atoms with Crippen molar-refractivity contribution in [3.63, 3.8) is 0 Å². The van der Waals surface area contributed by atoms with Gasteiger partial charge in [0.15, 0.2) is 0 Å². The number of hydrogen-bond donors (Lipinski definition) is 1. The van der Waals surface area contributed by atoms with Gasteiger partial charge in [0.25, 0.3) is 0 Å². The van der Waals surface area contributed by atoms with Crippen molar-refractivity contribution in [2.24, 2.45) is 5.92 Å². The zero-order chi connectivity index (χ0) is 12.3. The van der Waals surface area contributed by atoms with Crippen LogP contribution in [0.1, 0.15) is 50.2 Å². The second-order valence-corrected chi connectivity index (χ2v) is 5.62. The molecule has 1 saturated carbocycles. The Morgan fingerprint density at radius 2 is 1.71 bits per heavy atom. The van der Waals surface area contributed by atoms with E-state index in [9.17, 15) is 5.11 Å². The van der Waals surface area contributed by atoms with Crippen LogP contribution in [0, 0.1) is 5.92 Å². The van der Waals surface area contributed by atoms with E-state index in [0.29, 0.717) is 16.0 Å². The summed E-state index contributed by atoms with van der Waals surface area (Å²) in [7, 11) is 0. The molecule has 0 heterocycles. The van der Waals surface area contributed by atoms with Crippen LogP contribution >= 0.6 is 23.2 Å². The lowest BCUT2D eigenvalue weighted by atomic mass is 9.89. The highest BCUT2D eigenvalue weighted by molar-refractivity contribution is 6.42. The lowest BCUT2D eigenvalue weighted by Gasteiger charge is -2.22. The van der Waals surface area contributed by atoms with Crippen LogP contribution in [-0.4, -0.2) is 5.11 Å². The average molecular weight is 273 g/mol. The number of benzene rings is 1. The Hall–Kier alpha value is -0.240. The zero-order valence-corrected chi connectivity index (χ0v) is 11.3. The Morgan fingerprint density at radius 3 is 2.35 bits per heavy atom. The van der Waals surface area contributed by atoms with Gasteiger partial charge in [-0.1, -0.05) is 61.0 Å². The molecular weight excluding hydrogens is 255 g/mol. The highest BCUT2D eigenvalue weighted by atomic mass is 35.5. The van der Waals surface area contributed by atoms with Crippen LogP contribution in [0.3, 0.4) is 0 Å². The molecule has 1 aromatic rings. The maximum absolute atomic E-state index is 10.4. The summed E-state index contributed by atoms with van der Waals surface area (Å²) in [6.07, 6.45) is 6.69. The van der Waals surface area contributed by atoms with Crippen molar-refractivity contribution in [2.75, 3.05) is 0 Å². The summed E-state index contributed by atoms with van der Waals surface area (Å²) in [5, 5.41) is 11.5. The van der Waals surface area contributed by atoms with Gasteiger partial charge in [0.05, 0.1) is 16.1 Å². The summed E-state index contributed by atoms with van der Waals surface area (Å²) in [6, 6.07) is 5.49. The summed E-state index contributed by atoms with van der Waals surface area (Å²) >= 11 is 12.1. The number of rotatable bonds is 2. The van der Waals surface area contributed by atoms with E-state index in [1.807, 2.05) is 12.1 Å². The zero-order valence-electron chi connectivity index (χ0n) is 9.83. The van der Waals surface area contributed by atoms with Gasteiger partial charge in [-0.05, 0) is 24.8 Å². The van der Waals surface area contributed by atoms with Crippen molar-refractivity contribution in [2.45, 2.75) is 44.6 Å². The number of hydrogen-bond acceptors (Lipinski definition) is 1. The summed E-state index contributed by atoms with van der Waals surface area (Å²) in [5.41, 5.74) is 0.783. The minimum atomic E-state index is -0.473. The van der Waals surface area contributed by atoms with E-state index >= 15 is 0 Å². The van der Waals surface area contributed by atoms with Gasteiger partial charge < -0.3 is 5.11 Å². The summed E-state index contributed by atoms with van der Waals surface area (Å²) in [5.74, 6) is 0.327. The molecule has 94 valence electrons. The summed E-state index contributed by atoms with van der Waals surface area (Å²) < 4.78 is 0. The Kier molecular flexibility index (Phi) is 4.72. The van der Waals surface area contributed by atoms with Crippen LogP contribution in [0.5, 0.6) is 0 Å². The predicted octanol–water partition coefficient (Wildman–Crippen LogP) is 5.00. The fourth-order valence-corrected chi connectivity index (χ4v) is 3.05. The van der Waals surface area contributed by atoms with Gasteiger partial charge in [0.1, 0.15) is 0 Å². The molecule has 1 fully saturated rings. The van der Waals surface area contributed by atoms with Gasteiger partial charge in [-0.15, -0.1) is 0 Å². The Labute approximate surface area is 113 Å². The van der Waals surface area contributed by atoms with E-state index < -0.39 is 6.10 Å². The van der Waals surface area contributed by atoms with Crippen molar-refractivity contribution in [1.82, 2.24) is 0 Å². The molecule has 0 saturated heterocycles. The van der Waals surface area contributed by atoms with Crippen molar-refractivity contribution >= 4 is 23.2 Å². The van der Waals surface area contributed by atoms with Gasteiger partial charge in [-0.25, -0.2) is 0 Å². The fourth-order valence-electron chi connectivity index (χ4n) is 2.63. The van der Waals surface area contributed by atoms with Gasteiger partial charge in [-0.3, -0.25) is 0 Å². The summed E-state index contributed by atoms with van der Waals surface area (Å²) in [4.78, 5) is 0. The third kappa shape index (κ3) is 3.15. The molecule has 0 aliphatic heterocycles. The van der Waals surface area contributed by atoms with E-state index in [1.54, 1.807) is 6.07 Å². The van der Waals surface area contributed by atoms with E-state index in [1.165, 1.54) is 25.7 Å². The molecule has 0 amide bonds. The monoisotopic (exact) mass is 272 g/mol. The summed E-state index contributed by atoms with van der Waals surface area (Å²) in [6.45, 7) is 0. The quantitative estimate of drug-likeness (QED) is 0.752. The third-order valence-electron chi connectivity index (χ3n) is 3.65. The predicted molar refractivity (Wildman–Crippen MR) is 72.6 cm³/mol. The minimum absolute atomic E-state index is 0.327. The van der Waals surface area contributed by atoms with Gasteiger partial charge in [0.2, 0.25) is 0 Å². The van der Waals surface area contributed by atoms with E-state index in [2.05, 4.69) is 0 Å². The molecule has 3 heteroatoms. The first kappa shape index (κ1) is 13.2. The number of aliphatic hydroxyl groups excluding tert-OH is 1. The molecule has 0 spiro atoms. The Morgan fingerprint density at radius 1 is 1.06 bits per heavy atom. The fraction of sp³-hybridized carbons (Fsp3) is 0.571. The number of aliphatic hydroxyl groups is 1. The molecule has 0 bridgehead atoms. The van der Waals surface area contributed by atoms with Crippen LogP contribution in [-0.2, 0) is 0 Å². The molecular formula is C14H18Cl2O. The Balaban J connectivity index is 2.17. The second kappa shape index (κ2) is 6.08. The largest absolute Gasteiger partial charge is 0.388 e. The smallest absolute Gasteiger partial charge is 0.0833 e. The highest BCUT2D eigenvalue weighted by Gasteiger charge is 2.24. The van der Waals surface area contributed by atoms with Crippen LogP contribution in [0.2, 0.25) is 10.0 Å². The molecule has 1 aliphatic carbocycles. The minimum Gasteiger partial charge on any atom is -0.388 e. The normalized spacial score (nSPS) is 19.9. The lowest BCUT2D eigenvalue weighted by molar-refractivity contribution is 0.0989. The SMILES string of the molecule is OC(c1cccc(Cl)c1Cl)C1CCCCCC1. The van der Waals surface area contributed by atoms with Crippen LogP contribution in [0.25, 0.3) is 0 Å². The average Bonchev–Trinajstić information content (AvgIpc) is 2.60. The maximum atomic E-state index is 10.4. The number of halogens is 2. The standard InChI is InChI=1S/C14H18Cl2O/c15-12-9-5-8-11(13(12)16)14(17)10-6-3-1-2-4-7-10/h5,8-10,14,17H,1-4,6-7H2. The van der Waals surface area contributed by atoms with Crippen molar-refractivity contribution in [3.05, 3.63) is 33.8 Å². The first-order chi connectivity index (χ1) is 8.20. The van der Waals surface area contributed by atoms with E-state index in [0.717, 1.165) is 18.4 Å². The van der Waals surface area contributed by atoms with Crippen molar-refractivity contribution in [1.29, 1.82) is 0 Å². The van der Waals surface area contributed by atoms with Crippen LogP contribution in [0.4, 0.5) is 0 Å². The molecule has 1 unspecified atom stereocenters. The first-order valence-electron chi connectivity index (χ1n) is 6.32. The van der Waals surface area contributed by atoms with Gasteiger partial charge >= 0.3 is 0 Å². The van der Waals surface area contributed by atoms with Crippen LogP contribution < -0.4 is 0 Å². The first-order valence-corrected chi connectivity index (χ1v) is 7.07. The van der Waals surface area contributed by atoms with Crippen molar-refractivity contribution in [3.8, 4) is 0 Å². The third-order valence-corrected chi connectivity index (χ3v) is 4.48. The molecule has 1 nitrogen and oxygen atoms in total. The molecule has 1 aromatic carbocycles. The van der Waals surface area contributed by atoms with Crippen LogP contribution in [0.15, 0.2) is 18.2 Å². The molecule has 17 heavy (non-hydrogen) atoms. The lowest BCUT2D eigenvalue weighted by Crippen LogP contribution is -2.12. The molecule has 1 N–H and O–H groups in total.